The molecule has 0 N–H and O–H groups in total. The number of hydrogen-bond acceptors (Lipinski definition) is 3. The maximum Gasteiger partial charge on any atom is 0.230 e. The molecule has 1 amide bonds. The molecule has 18 heavy (non-hydrogen) atoms. The molecule has 0 unspecified atom stereocenters. The van der Waals surface area contributed by atoms with E-state index in [2.05, 4.69) is 0 Å². The molecule has 1 rings (SSSR count). The number of methoxy groups -OCH3 is 1. The number of hydrogen-bond donors (Lipinski definition) is 0. The van der Waals surface area contributed by atoms with Crippen molar-refractivity contribution in [2.75, 3.05) is 14.2 Å². The molecule has 0 saturated heterocycles. The van der Waals surface area contributed by atoms with Crippen LogP contribution in [0.3, 0.4) is 0 Å². The van der Waals surface area contributed by atoms with Gasteiger partial charge in [0.1, 0.15) is 17.3 Å². The smallest absolute Gasteiger partial charge is 0.230 e. The SMILES string of the molecule is COc1ccc(F)cc1CN(C)C(=O)CC(C)=O. The number of Topliss-reactive ketones (excluding diaryl/α,β-unsaturated/α-hetero) is 1. The second-order valence-corrected chi connectivity index (χ2v) is 4.08. The molecule has 0 atom stereocenters. The van der Waals surface area contributed by atoms with Gasteiger partial charge in [-0.15, -0.1) is 0 Å². The van der Waals surface area contributed by atoms with Crippen molar-refractivity contribution < 1.29 is 18.7 Å². The van der Waals surface area contributed by atoms with Crippen LogP contribution in [0.15, 0.2) is 18.2 Å². The van der Waals surface area contributed by atoms with E-state index < -0.39 is 5.82 Å². The molecule has 0 aliphatic heterocycles. The van der Waals surface area contributed by atoms with Crippen molar-refractivity contribution >= 4 is 11.7 Å². The minimum absolute atomic E-state index is 0.145. The van der Waals surface area contributed by atoms with Gasteiger partial charge in [0.05, 0.1) is 13.5 Å². The van der Waals surface area contributed by atoms with Crippen molar-refractivity contribution in [3.8, 4) is 5.75 Å². The molecule has 5 heteroatoms. The summed E-state index contributed by atoms with van der Waals surface area (Å²) >= 11 is 0. The van der Waals surface area contributed by atoms with E-state index in [1.165, 1.54) is 37.1 Å². The maximum absolute atomic E-state index is 13.1. The maximum atomic E-state index is 13.1. The summed E-state index contributed by atoms with van der Waals surface area (Å²) in [7, 11) is 3.05. The minimum atomic E-state index is -0.391. The average Bonchev–Trinajstić information content (AvgIpc) is 2.28. The summed E-state index contributed by atoms with van der Waals surface area (Å²) < 4.78 is 18.2. The molecule has 0 aromatic heterocycles. The van der Waals surface area contributed by atoms with E-state index in [0.717, 1.165) is 0 Å². The average molecular weight is 253 g/mol. The Bertz CT molecular complexity index is 460. The van der Waals surface area contributed by atoms with Gasteiger partial charge in [0.25, 0.3) is 0 Å². The molecule has 0 bridgehead atoms. The lowest BCUT2D eigenvalue weighted by molar-refractivity contribution is -0.134. The van der Waals surface area contributed by atoms with E-state index in [0.29, 0.717) is 11.3 Å². The Kier molecular flexibility index (Phi) is 4.83. The van der Waals surface area contributed by atoms with Gasteiger partial charge in [0.2, 0.25) is 5.91 Å². The third-order valence-electron chi connectivity index (χ3n) is 2.48. The van der Waals surface area contributed by atoms with Crippen LogP contribution in [0.2, 0.25) is 0 Å². The highest BCUT2D eigenvalue weighted by molar-refractivity contribution is 5.96. The summed E-state index contributed by atoms with van der Waals surface area (Å²) in [4.78, 5) is 23.8. The molecule has 0 heterocycles. The van der Waals surface area contributed by atoms with Gasteiger partial charge in [0.15, 0.2) is 0 Å². The highest BCUT2D eigenvalue weighted by Gasteiger charge is 2.14. The van der Waals surface area contributed by atoms with Crippen LogP contribution >= 0.6 is 0 Å². The molecular formula is C13H16FNO3. The Morgan fingerprint density at radius 1 is 1.39 bits per heavy atom. The number of carbonyl (C=O) groups is 2. The van der Waals surface area contributed by atoms with Gasteiger partial charge in [-0.1, -0.05) is 0 Å². The third kappa shape index (κ3) is 3.84. The Labute approximate surface area is 105 Å². The lowest BCUT2D eigenvalue weighted by atomic mass is 10.1. The quantitative estimate of drug-likeness (QED) is 0.751. The van der Waals surface area contributed by atoms with E-state index in [1.807, 2.05) is 0 Å². The Morgan fingerprint density at radius 3 is 2.61 bits per heavy atom. The summed E-state index contributed by atoms with van der Waals surface area (Å²) in [6.07, 6.45) is -0.145. The van der Waals surface area contributed by atoms with Crippen LogP contribution in [-0.2, 0) is 16.1 Å². The number of ketones is 1. The van der Waals surface area contributed by atoms with Crippen molar-refractivity contribution in [1.29, 1.82) is 0 Å². The van der Waals surface area contributed by atoms with Gasteiger partial charge in [-0.05, 0) is 25.1 Å². The number of nitrogens with zero attached hydrogens (tertiary/aromatic N) is 1. The summed E-state index contributed by atoms with van der Waals surface area (Å²) in [5.41, 5.74) is 0.567. The highest BCUT2D eigenvalue weighted by Crippen LogP contribution is 2.20. The molecule has 1 aromatic carbocycles. The number of amides is 1. The molecule has 0 aliphatic carbocycles. The second kappa shape index (κ2) is 6.14. The molecular weight excluding hydrogens is 237 g/mol. The van der Waals surface area contributed by atoms with Crippen LogP contribution in [0.5, 0.6) is 5.75 Å². The minimum Gasteiger partial charge on any atom is -0.496 e. The molecule has 0 fully saturated rings. The van der Waals surface area contributed by atoms with Gasteiger partial charge in [-0.2, -0.15) is 0 Å². The van der Waals surface area contributed by atoms with Crippen LogP contribution in [0.1, 0.15) is 18.9 Å². The largest absolute Gasteiger partial charge is 0.496 e. The third-order valence-corrected chi connectivity index (χ3v) is 2.48. The topological polar surface area (TPSA) is 46.6 Å². The Morgan fingerprint density at radius 2 is 2.06 bits per heavy atom. The molecule has 1 aromatic rings. The first kappa shape index (κ1) is 14.2. The fourth-order valence-corrected chi connectivity index (χ4v) is 1.56. The number of ether oxygens (including phenoxy) is 1. The van der Waals surface area contributed by atoms with Crippen LogP contribution in [0, 0.1) is 5.82 Å². The lowest BCUT2D eigenvalue weighted by Crippen LogP contribution is -2.27. The molecule has 98 valence electrons. The predicted molar refractivity (Wildman–Crippen MR) is 64.7 cm³/mol. The van der Waals surface area contributed by atoms with E-state index in [1.54, 1.807) is 7.05 Å². The fraction of sp³-hybridized carbons (Fsp3) is 0.385. The van der Waals surface area contributed by atoms with Crippen molar-refractivity contribution in [3.63, 3.8) is 0 Å². The van der Waals surface area contributed by atoms with Gasteiger partial charge in [-0.25, -0.2) is 4.39 Å². The normalized spacial score (nSPS) is 10.0. The first-order valence-corrected chi connectivity index (χ1v) is 5.50. The zero-order valence-electron chi connectivity index (χ0n) is 10.7. The molecule has 4 nitrogen and oxygen atoms in total. The van der Waals surface area contributed by atoms with E-state index in [-0.39, 0.29) is 24.7 Å². The second-order valence-electron chi connectivity index (χ2n) is 4.08. The van der Waals surface area contributed by atoms with Crippen LogP contribution in [0.25, 0.3) is 0 Å². The van der Waals surface area contributed by atoms with E-state index >= 15 is 0 Å². The molecule has 0 saturated carbocycles. The Balaban J connectivity index is 2.80. The number of carbonyl (C=O) groups excluding carboxylic acids is 2. The van der Waals surface area contributed by atoms with Gasteiger partial charge in [0, 0.05) is 19.2 Å². The first-order chi connectivity index (χ1) is 8.43. The fourth-order valence-electron chi connectivity index (χ4n) is 1.56. The van der Waals surface area contributed by atoms with Gasteiger partial charge in [-0.3, -0.25) is 9.59 Å². The van der Waals surface area contributed by atoms with E-state index in [4.69, 9.17) is 4.74 Å². The van der Waals surface area contributed by atoms with Crippen molar-refractivity contribution in [1.82, 2.24) is 4.90 Å². The number of halogens is 1. The monoisotopic (exact) mass is 253 g/mol. The standard InChI is InChI=1S/C13H16FNO3/c1-9(16)6-13(17)15(2)8-10-7-11(14)4-5-12(10)18-3/h4-5,7H,6,8H2,1-3H3. The van der Waals surface area contributed by atoms with E-state index in [9.17, 15) is 14.0 Å². The Hall–Kier alpha value is -1.91. The molecule has 0 aliphatic rings. The van der Waals surface area contributed by atoms with Crippen molar-refractivity contribution in [2.45, 2.75) is 19.9 Å². The summed E-state index contributed by atoms with van der Waals surface area (Å²) in [6, 6.07) is 4.12. The predicted octanol–water partition coefficient (Wildman–Crippen LogP) is 1.77. The molecule has 0 radical (unpaired) electrons. The zero-order chi connectivity index (χ0) is 13.7. The summed E-state index contributed by atoms with van der Waals surface area (Å²) in [5, 5.41) is 0. The molecule has 0 spiro atoms. The zero-order valence-corrected chi connectivity index (χ0v) is 10.7. The highest BCUT2D eigenvalue weighted by atomic mass is 19.1. The van der Waals surface area contributed by atoms with Crippen molar-refractivity contribution in [3.05, 3.63) is 29.6 Å². The van der Waals surface area contributed by atoms with Gasteiger partial charge >= 0.3 is 0 Å². The van der Waals surface area contributed by atoms with Crippen molar-refractivity contribution in [2.24, 2.45) is 0 Å². The van der Waals surface area contributed by atoms with Crippen LogP contribution < -0.4 is 4.74 Å². The number of rotatable bonds is 5. The van der Waals surface area contributed by atoms with Crippen LogP contribution in [-0.4, -0.2) is 30.7 Å². The lowest BCUT2D eigenvalue weighted by Gasteiger charge is -2.18. The summed E-state index contributed by atoms with van der Waals surface area (Å²) in [6.45, 7) is 1.56. The van der Waals surface area contributed by atoms with Gasteiger partial charge < -0.3 is 9.64 Å². The van der Waals surface area contributed by atoms with Crippen LogP contribution in [0.4, 0.5) is 4.39 Å². The number of benzene rings is 1. The summed E-state index contributed by atoms with van der Waals surface area (Å²) in [5.74, 6) is -0.371. The first-order valence-electron chi connectivity index (χ1n) is 5.50.